The monoisotopic (exact) mass is 409 g/mol. The van der Waals surface area contributed by atoms with Gasteiger partial charge in [-0.25, -0.2) is 4.98 Å². The number of fused-ring (bicyclic) bond motifs is 5. The number of ether oxygens (including phenoxy) is 1. The third kappa shape index (κ3) is 2.91. The maximum atomic E-state index is 12.9. The number of carbonyl (C=O) groups excluding carboxylic acids is 1. The average molecular weight is 410 g/mol. The Morgan fingerprint density at radius 1 is 1.17 bits per heavy atom. The SMILES string of the molecule is Cc1cnc(C)c(OC2=C[C@@]3(C)[C@@H](C[C@H](C)[C@H]4[C@@H]5CCC[C@@]5(C)CC[C@@H]43)NC2=O)n1. The number of nitrogens with one attached hydrogen (secondary N) is 1. The number of rotatable bonds is 2. The van der Waals surface area contributed by atoms with Crippen molar-refractivity contribution < 1.29 is 9.53 Å². The van der Waals surface area contributed by atoms with Gasteiger partial charge < -0.3 is 10.1 Å². The van der Waals surface area contributed by atoms with Gasteiger partial charge in [-0.3, -0.25) is 9.78 Å². The van der Waals surface area contributed by atoms with Gasteiger partial charge in [0, 0.05) is 17.7 Å². The molecule has 3 fully saturated rings. The Kier molecular flexibility index (Phi) is 4.53. The van der Waals surface area contributed by atoms with E-state index in [9.17, 15) is 4.79 Å². The molecule has 1 aromatic heterocycles. The molecule has 1 aromatic rings. The number of aromatic nitrogens is 2. The third-order valence-electron chi connectivity index (χ3n) is 9.14. The van der Waals surface area contributed by atoms with E-state index in [4.69, 9.17) is 4.74 Å². The quantitative estimate of drug-likeness (QED) is 0.767. The summed E-state index contributed by atoms with van der Waals surface area (Å²) in [6.45, 7) is 11.1. The van der Waals surface area contributed by atoms with E-state index < -0.39 is 0 Å². The second-order valence-corrected chi connectivity index (χ2v) is 11.0. The van der Waals surface area contributed by atoms with Gasteiger partial charge in [-0.2, -0.15) is 0 Å². The zero-order valence-corrected chi connectivity index (χ0v) is 19.0. The molecular formula is C25H35N3O2. The highest BCUT2D eigenvalue weighted by molar-refractivity contribution is 5.93. The van der Waals surface area contributed by atoms with Crippen LogP contribution in [0.5, 0.6) is 5.88 Å². The predicted molar refractivity (Wildman–Crippen MR) is 116 cm³/mol. The summed E-state index contributed by atoms with van der Waals surface area (Å²) in [5.41, 5.74) is 1.94. The van der Waals surface area contributed by atoms with E-state index in [0.717, 1.165) is 24.0 Å². The van der Waals surface area contributed by atoms with Gasteiger partial charge in [-0.1, -0.05) is 27.2 Å². The first-order chi connectivity index (χ1) is 14.2. The molecule has 3 aliphatic carbocycles. The molecule has 7 atom stereocenters. The molecule has 162 valence electrons. The summed E-state index contributed by atoms with van der Waals surface area (Å²) >= 11 is 0. The minimum atomic E-state index is -0.118. The van der Waals surface area contributed by atoms with Crippen molar-refractivity contribution in [2.24, 2.45) is 34.5 Å². The van der Waals surface area contributed by atoms with Crippen LogP contribution in [0, 0.1) is 48.3 Å². The van der Waals surface area contributed by atoms with Gasteiger partial charge in [-0.05, 0) is 81.1 Å². The number of amides is 1. The summed E-state index contributed by atoms with van der Waals surface area (Å²) in [5.74, 6) is 3.51. The maximum absolute atomic E-state index is 12.9. The van der Waals surface area contributed by atoms with Crippen molar-refractivity contribution in [1.82, 2.24) is 15.3 Å². The smallest absolute Gasteiger partial charge is 0.287 e. The van der Waals surface area contributed by atoms with Crippen LogP contribution >= 0.6 is 0 Å². The highest BCUT2D eigenvalue weighted by Gasteiger charge is 2.60. The molecule has 30 heavy (non-hydrogen) atoms. The topological polar surface area (TPSA) is 64.1 Å². The maximum Gasteiger partial charge on any atom is 0.287 e. The van der Waals surface area contributed by atoms with E-state index in [2.05, 4.69) is 42.1 Å². The van der Waals surface area contributed by atoms with E-state index in [1.54, 1.807) is 6.20 Å². The van der Waals surface area contributed by atoms with Crippen LogP contribution in [-0.2, 0) is 4.79 Å². The van der Waals surface area contributed by atoms with Crippen molar-refractivity contribution >= 4 is 5.91 Å². The molecular weight excluding hydrogens is 374 g/mol. The lowest BCUT2D eigenvalue weighted by atomic mass is 9.46. The molecule has 5 rings (SSSR count). The van der Waals surface area contributed by atoms with E-state index in [0.29, 0.717) is 34.6 Å². The lowest BCUT2D eigenvalue weighted by Gasteiger charge is -2.60. The molecule has 3 saturated carbocycles. The molecule has 1 amide bonds. The molecule has 0 aromatic carbocycles. The van der Waals surface area contributed by atoms with Crippen molar-refractivity contribution in [3.63, 3.8) is 0 Å². The zero-order chi connectivity index (χ0) is 21.3. The van der Waals surface area contributed by atoms with Crippen LogP contribution in [0.4, 0.5) is 0 Å². The second-order valence-electron chi connectivity index (χ2n) is 11.0. The molecule has 1 aliphatic heterocycles. The number of nitrogens with zero attached hydrogens (tertiary/aromatic N) is 2. The van der Waals surface area contributed by atoms with E-state index in [1.807, 2.05) is 13.8 Å². The summed E-state index contributed by atoms with van der Waals surface area (Å²) in [7, 11) is 0. The van der Waals surface area contributed by atoms with Gasteiger partial charge in [-0.15, -0.1) is 0 Å². The van der Waals surface area contributed by atoms with Gasteiger partial charge in [0.05, 0.1) is 11.4 Å². The molecule has 4 aliphatic rings. The van der Waals surface area contributed by atoms with Crippen LogP contribution in [0.15, 0.2) is 18.0 Å². The molecule has 1 N–H and O–H groups in total. The summed E-state index contributed by atoms with van der Waals surface area (Å²) < 4.78 is 6.08. The van der Waals surface area contributed by atoms with Crippen molar-refractivity contribution in [2.75, 3.05) is 0 Å². The lowest BCUT2D eigenvalue weighted by Crippen LogP contribution is -2.62. The number of carbonyl (C=O) groups is 1. The Morgan fingerprint density at radius 3 is 2.77 bits per heavy atom. The van der Waals surface area contributed by atoms with Gasteiger partial charge in [0.15, 0.2) is 5.76 Å². The van der Waals surface area contributed by atoms with Crippen molar-refractivity contribution in [1.29, 1.82) is 0 Å². The van der Waals surface area contributed by atoms with E-state index in [-0.39, 0.29) is 17.4 Å². The number of hydrogen-bond donors (Lipinski definition) is 1. The van der Waals surface area contributed by atoms with Crippen LogP contribution in [0.2, 0.25) is 0 Å². The summed E-state index contributed by atoms with van der Waals surface area (Å²) in [6.07, 6.45) is 11.6. The Labute approximate surface area is 180 Å². The van der Waals surface area contributed by atoms with Gasteiger partial charge in [0.2, 0.25) is 5.88 Å². The summed E-state index contributed by atoms with van der Waals surface area (Å²) in [6, 6.07) is 0.184. The molecule has 5 heteroatoms. The molecule has 0 unspecified atom stereocenters. The van der Waals surface area contributed by atoms with Crippen molar-refractivity contribution in [3.05, 3.63) is 29.4 Å². The normalized spacial score (nSPS) is 42.5. The highest BCUT2D eigenvalue weighted by Crippen LogP contribution is 2.64. The largest absolute Gasteiger partial charge is 0.432 e. The van der Waals surface area contributed by atoms with Gasteiger partial charge in [0.25, 0.3) is 5.91 Å². The van der Waals surface area contributed by atoms with Gasteiger partial charge in [0.1, 0.15) is 0 Å². The zero-order valence-electron chi connectivity index (χ0n) is 19.0. The molecule has 2 heterocycles. The van der Waals surface area contributed by atoms with Crippen molar-refractivity contribution in [3.8, 4) is 5.88 Å². The predicted octanol–water partition coefficient (Wildman–Crippen LogP) is 4.73. The minimum Gasteiger partial charge on any atom is -0.432 e. The summed E-state index contributed by atoms with van der Waals surface area (Å²) in [4.78, 5) is 21.7. The highest BCUT2D eigenvalue weighted by atomic mass is 16.5. The Hall–Kier alpha value is -1.91. The number of aryl methyl sites for hydroxylation is 2. The fourth-order valence-electron chi connectivity index (χ4n) is 7.54. The molecule has 0 radical (unpaired) electrons. The minimum absolute atomic E-state index is 0.0739. The molecule has 0 bridgehead atoms. The number of hydrogen-bond acceptors (Lipinski definition) is 4. The fourth-order valence-corrected chi connectivity index (χ4v) is 7.54. The Bertz CT molecular complexity index is 912. The molecule has 0 spiro atoms. The third-order valence-corrected chi connectivity index (χ3v) is 9.14. The van der Waals surface area contributed by atoms with Crippen LogP contribution in [-0.4, -0.2) is 21.9 Å². The second kappa shape index (κ2) is 6.80. The van der Waals surface area contributed by atoms with Crippen LogP contribution in [0.1, 0.15) is 70.7 Å². The standard InChI is InChI=1S/C25H35N3O2/c1-14-11-20-25(5,18-8-10-24(4)9-6-7-17(24)21(14)18)12-19(22(29)28-20)30-23-16(3)26-13-15(2)27-23/h12-14,17-18,20-21H,6-11H2,1-5H3,(H,28,29)/t14-,17-,18-,20+,21-,24-,25+/m0/s1. The first kappa shape index (κ1) is 20.0. The molecule has 0 saturated heterocycles. The summed E-state index contributed by atoms with van der Waals surface area (Å²) in [5, 5.41) is 3.32. The first-order valence-electron chi connectivity index (χ1n) is 11.7. The molecule has 5 nitrogen and oxygen atoms in total. The average Bonchev–Trinajstić information content (AvgIpc) is 3.08. The van der Waals surface area contributed by atoms with E-state index >= 15 is 0 Å². The van der Waals surface area contributed by atoms with E-state index in [1.165, 1.54) is 32.1 Å². The van der Waals surface area contributed by atoms with Crippen LogP contribution in [0.25, 0.3) is 0 Å². The lowest BCUT2D eigenvalue weighted by molar-refractivity contribution is -0.128. The Balaban J connectivity index is 1.51. The Morgan fingerprint density at radius 2 is 1.97 bits per heavy atom. The van der Waals surface area contributed by atoms with Crippen LogP contribution in [0.3, 0.4) is 0 Å². The fraction of sp³-hybridized carbons (Fsp3) is 0.720. The van der Waals surface area contributed by atoms with Crippen LogP contribution < -0.4 is 10.1 Å². The van der Waals surface area contributed by atoms with Gasteiger partial charge >= 0.3 is 0 Å². The van der Waals surface area contributed by atoms with Crippen molar-refractivity contribution in [2.45, 2.75) is 79.2 Å². The first-order valence-corrected chi connectivity index (χ1v) is 11.7.